The fourth-order valence-electron chi connectivity index (χ4n) is 1.13. The number of esters is 1. The highest BCUT2D eigenvalue weighted by molar-refractivity contribution is 14.3. The summed E-state index contributed by atoms with van der Waals surface area (Å²) in [4.78, 5) is 11.5. The molecule has 0 spiro atoms. The van der Waals surface area contributed by atoms with Crippen LogP contribution in [-0.2, 0) is 9.53 Å². The average molecular weight is 521 g/mol. The molecular weight excluding hydrogens is 511 g/mol. The average Bonchev–Trinajstić information content (AvgIpc) is 2.04. The lowest BCUT2D eigenvalue weighted by Crippen LogP contribution is -2.35. The molecule has 0 atom stereocenters. The maximum atomic E-state index is 11.5. The Bertz CT molecular complexity index is 187. The summed E-state index contributed by atoms with van der Waals surface area (Å²) >= 11 is 6.25. The number of rotatable bonds is 2. The number of carbonyl (C=O) groups is 1. The van der Waals surface area contributed by atoms with Gasteiger partial charge in [-0.3, -0.25) is 0 Å². The third-order valence-electron chi connectivity index (χ3n) is 1.79. The lowest BCUT2D eigenvalue weighted by Gasteiger charge is -2.24. The summed E-state index contributed by atoms with van der Waals surface area (Å²) in [5, 5.41) is 3.23. The fourth-order valence-corrected chi connectivity index (χ4v) is 1.51. The van der Waals surface area contributed by atoms with E-state index in [0.717, 1.165) is 25.9 Å². The van der Waals surface area contributed by atoms with Crippen molar-refractivity contribution in [3.05, 3.63) is 0 Å². The normalized spacial score (nSPS) is 19.9. The van der Waals surface area contributed by atoms with E-state index in [2.05, 4.69) is 73.1 Å². The summed E-state index contributed by atoms with van der Waals surface area (Å²) in [6.07, 6.45) is 1.99. The first-order valence-corrected chi connectivity index (χ1v) is 7.22. The molecule has 13 heavy (non-hydrogen) atoms. The van der Waals surface area contributed by atoms with Crippen LogP contribution in [-0.4, -0.2) is 24.6 Å². The number of alkyl halides is 3. The molecule has 3 nitrogen and oxygen atoms in total. The molecule has 1 aliphatic rings. The van der Waals surface area contributed by atoms with Gasteiger partial charge < -0.3 is 10.1 Å². The second-order valence-corrected chi connectivity index (χ2v) is 13.9. The van der Waals surface area contributed by atoms with Crippen molar-refractivity contribution in [1.82, 2.24) is 5.32 Å². The molecule has 0 saturated carbocycles. The van der Waals surface area contributed by atoms with Crippen LogP contribution in [0.4, 0.5) is 0 Å². The van der Waals surface area contributed by atoms with E-state index in [-0.39, 0.29) is 12.1 Å². The molecule has 1 aliphatic heterocycles. The van der Waals surface area contributed by atoms with Gasteiger partial charge in [-0.1, -0.05) is 0 Å². The van der Waals surface area contributed by atoms with Crippen LogP contribution in [0.5, 0.6) is 0 Å². The van der Waals surface area contributed by atoms with Gasteiger partial charge >= 0.3 is 5.97 Å². The highest BCUT2D eigenvalue weighted by Crippen LogP contribution is 2.37. The van der Waals surface area contributed by atoms with Crippen molar-refractivity contribution in [2.75, 3.05) is 13.1 Å². The number of carbonyl (C=O) groups excluding carboxylic acids is 1. The Labute approximate surface area is 119 Å². The molecule has 1 heterocycles. The Kier molecular flexibility index (Phi) is 5.50. The smallest absolute Gasteiger partial charge is 0.342 e. The monoisotopic (exact) mass is 521 g/mol. The molecule has 6 heteroatoms. The fraction of sp³-hybridized carbons (Fsp3) is 0.857. The van der Waals surface area contributed by atoms with Crippen molar-refractivity contribution >= 4 is 73.7 Å². The highest BCUT2D eigenvalue weighted by atomic mass is 127. The van der Waals surface area contributed by atoms with E-state index in [0.29, 0.717) is 0 Å². The number of halogens is 3. The topological polar surface area (TPSA) is 38.3 Å². The lowest BCUT2D eigenvalue weighted by molar-refractivity contribution is -0.147. The van der Waals surface area contributed by atoms with Gasteiger partial charge in [0.25, 0.3) is 0 Å². The van der Waals surface area contributed by atoms with E-state index < -0.39 is -0.565 Å². The third-order valence-corrected chi connectivity index (χ3v) is 3.11. The molecule has 1 N–H and O–H groups in total. The second-order valence-electron chi connectivity index (χ2n) is 2.85. The van der Waals surface area contributed by atoms with Crippen LogP contribution < -0.4 is 5.32 Å². The highest BCUT2D eigenvalue weighted by Gasteiger charge is 2.32. The molecule has 0 amide bonds. The summed E-state index contributed by atoms with van der Waals surface area (Å²) < 4.78 is 4.89. The summed E-state index contributed by atoms with van der Waals surface area (Å²) in [6.45, 7) is 1.91. The van der Waals surface area contributed by atoms with Crippen molar-refractivity contribution in [2.45, 2.75) is 18.4 Å². The molecule has 0 unspecified atom stereocenters. The van der Waals surface area contributed by atoms with Crippen LogP contribution in [0.25, 0.3) is 0 Å². The molecular formula is C7H10I3NO2. The number of hydrogen-bond acceptors (Lipinski definition) is 3. The zero-order valence-corrected chi connectivity index (χ0v) is 13.3. The molecule has 0 aromatic rings. The summed E-state index contributed by atoms with van der Waals surface area (Å²) in [6, 6.07) is 0. The van der Waals surface area contributed by atoms with Crippen molar-refractivity contribution in [3.8, 4) is 0 Å². The Morgan fingerprint density at radius 1 is 1.31 bits per heavy atom. The first-order chi connectivity index (χ1) is 6.00. The number of nitrogens with one attached hydrogen (secondary N) is 1. The zero-order chi connectivity index (χ0) is 9.90. The van der Waals surface area contributed by atoms with E-state index in [1.54, 1.807) is 0 Å². The standard InChI is InChI=1S/C7H10I3NO2/c8-7(9,10)6(12)13-5-1-3-11-4-2-5/h5,11H,1-4H2. The first kappa shape index (κ1) is 12.7. The minimum absolute atomic E-state index is 0.118. The third kappa shape index (κ3) is 4.78. The summed E-state index contributed by atoms with van der Waals surface area (Å²) in [5.41, 5.74) is 0. The van der Waals surface area contributed by atoms with Crippen molar-refractivity contribution in [2.24, 2.45) is 0 Å². The van der Waals surface area contributed by atoms with Gasteiger partial charge in [0, 0.05) is 0 Å². The van der Waals surface area contributed by atoms with E-state index in [4.69, 9.17) is 4.74 Å². The first-order valence-electron chi connectivity index (χ1n) is 3.98. The van der Waals surface area contributed by atoms with E-state index in [1.165, 1.54) is 0 Å². The predicted molar refractivity (Wildman–Crippen MR) is 76.8 cm³/mol. The SMILES string of the molecule is O=C(OC1CCNCC1)C(I)(I)I. The van der Waals surface area contributed by atoms with Gasteiger partial charge in [-0.25, -0.2) is 4.79 Å². The Balaban J connectivity index is 2.35. The second kappa shape index (κ2) is 5.64. The Morgan fingerprint density at radius 3 is 2.31 bits per heavy atom. The molecule has 1 rings (SSSR count). The van der Waals surface area contributed by atoms with Gasteiger partial charge in [0.1, 0.15) is 6.10 Å². The van der Waals surface area contributed by atoms with E-state index in [9.17, 15) is 4.79 Å². The van der Waals surface area contributed by atoms with Crippen LogP contribution >= 0.6 is 67.8 Å². The van der Waals surface area contributed by atoms with Crippen molar-refractivity contribution in [3.63, 3.8) is 0 Å². The lowest BCUT2D eigenvalue weighted by atomic mass is 10.1. The molecule has 1 saturated heterocycles. The van der Waals surface area contributed by atoms with Gasteiger partial charge in [-0.15, -0.1) is 0 Å². The van der Waals surface area contributed by atoms with E-state index >= 15 is 0 Å². The van der Waals surface area contributed by atoms with Gasteiger partial charge in [-0.2, -0.15) is 0 Å². The van der Waals surface area contributed by atoms with Gasteiger partial charge in [0.05, 0.1) is 0 Å². The quantitative estimate of drug-likeness (QED) is 0.345. The van der Waals surface area contributed by atoms with E-state index in [1.807, 2.05) is 0 Å². The zero-order valence-electron chi connectivity index (χ0n) is 6.86. The van der Waals surface area contributed by atoms with Crippen molar-refractivity contribution in [1.29, 1.82) is 0 Å². The molecule has 0 aliphatic carbocycles. The number of ether oxygens (including phenoxy) is 1. The summed E-state index contributed by atoms with van der Waals surface area (Å²) in [7, 11) is 0. The molecule has 0 radical (unpaired) electrons. The minimum Gasteiger partial charge on any atom is -0.460 e. The molecule has 0 bridgehead atoms. The van der Waals surface area contributed by atoms with Gasteiger partial charge in [-0.05, 0) is 93.7 Å². The molecule has 0 aromatic heterocycles. The molecule has 76 valence electrons. The maximum absolute atomic E-state index is 11.5. The number of piperidine rings is 1. The molecule has 0 aromatic carbocycles. The van der Waals surface area contributed by atoms with Crippen LogP contribution in [0.15, 0.2) is 0 Å². The number of hydrogen-bond donors (Lipinski definition) is 1. The molecule has 1 fully saturated rings. The largest absolute Gasteiger partial charge is 0.460 e. The van der Waals surface area contributed by atoms with Gasteiger partial charge in [0.2, 0.25) is -0.565 Å². The van der Waals surface area contributed by atoms with Crippen molar-refractivity contribution < 1.29 is 9.53 Å². The van der Waals surface area contributed by atoms with Crippen LogP contribution in [0.1, 0.15) is 12.8 Å². The van der Waals surface area contributed by atoms with Crippen LogP contribution in [0, 0.1) is 0 Å². The van der Waals surface area contributed by atoms with Gasteiger partial charge in [0.15, 0.2) is 0 Å². The van der Waals surface area contributed by atoms with Crippen LogP contribution in [0.3, 0.4) is 0 Å². The summed E-state index contributed by atoms with van der Waals surface area (Å²) in [5.74, 6) is -0.124. The van der Waals surface area contributed by atoms with Crippen LogP contribution in [0.2, 0.25) is 0 Å². The maximum Gasteiger partial charge on any atom is 0.342 e. The minimum atomic E-state index is -0.460. The predicted octanol–water partition coefficient (Wildman–Crippen LogP) is 2.24. The Morgan fingerprint density at radius 2 is 1.85 bits per heavy atom. The Hall–Kier alpha value is 1.62.